The molecular weight excluding hydrogens is 477 g/mol. The minimum atomic E-state index is -3.80. The van der Waals surface area contributed by atoms with E-state index in [4.69, 9.17) is 25.2 Å². The fourth-order valence-corrected chi connectivity index (χ4v) is 4.72. The van der Waals surface area contributed by atoms with Gasteiger partial charge in [0.15, 0.2) is 18.9 Å². The van der Waals surface area contributed by atoms with Crippen molar-refractivity contribution in [2.24, 2.45) is 0 Å². The van der Waals surface area contributed by atoms with E-state index >= 15 is 0 Å². The Morgan fingerprint density at radius 3 is 2.63 bits per heavy atom. The minimum Gasteiger partial charge on any atom is -0.462 e. The number of hydrogen-bond donors (Lipinski definition) is 2. The average Bonchev–Trinajstić information content (AvgIpc) is 3.27. The monoisotopic (exact) mass is 503 g/mol. The number of rotatable bonds is 10. The average molecular weight is 503 g/mol. The summed E-state index contributed by atoms with van der Waals surface area (Å²) in [6, 6.07) is 7.45. The van der Waals surface area contributed by atoms with E-state index in [2.05, 4.69) is 16.0 Å². The van der Waals surface area contributed by atoms with E-state index in [1.54, 1.807) is 44.2 Å². The van der Waals surface area contributed by atoms with E-state index in [1.807, 2.05) is 0 Å². The van der Waals surface area contributed by atoms with Gasteiger partial charge in [0.1, 0.15) is 17.4 Å². The van der Waals surface area contributed by atoms with E-state index in [0.717, 1.165) is 4.57 Å². The number of hydrogen-bond acceptors (Lipinski definition) is 8. The number of terminal acetylenes is 1. The number of carbonyl (C=O) groups is 1. The Bertz CT molecular complexity index is 1280. The Balaban J connectivity index is 1.71. The fraction of sp³-hybridized carbons (Fsp3) is 0.348. The number of benzene rings is 1. The summed E-state index contributed by atoms with van der Waals surface area (Å²) in [4.78, 5) is 38.2. The highest BCUT2D eigenvalue weighted by molar-refractivity contribution is 7.57. The molecule has 11 nitrogen and oxygen atoms in total. The van der Waals surface area contributed by atoms with Gasteiger partial charge in [-0.25, -0.2) is 9.88 Å². The van der Waals surface area contributed by atoms with Gasteiger partial charge in [-0.2, -0.15) is 0 Å². The van der Waals surface area contributed by atoms with Gasteiger partial charge in [0, 0.05) is 6.20 Å². The second kappa shape index (κ2) is 11.3. The summed E-state index contributed by atoms with van der Waals surface area (Å²) in [5, 5.41) is 2.68. The molecule has 12 heteroatoms. The molecule has 3 rings (SSSR count). The quantitative estimate of drug-likeness (QED) is 0.216. The third kappa shape index (κ3) is 7.04. The molecule has 0 amide bonds. The molecule has 4 atom stereocenters. The summed E-state index contributed by atoms with van der Waals surface area (Å²) in [6.07, 6.45) is 6.77. The zero-order valence-corrected chi connectivity index (χ0v) is 20.3. The molecular formula is C23H26N3O8P. The number of nitrogens with one attached hydrogen (secondary N) is 2. The molecule has 1 aliphatic heterocycles. The third-order valence-electron chi connectivity index (χ3n) is 4.60. The van der Waals surface area contributed by atoms with E-state index in [1.165, 1.54) is 25.3 Å². The minimum absolute atomic E-state index is 0.0433. The van der Waals surface area contributed by atoms with E-state index in [-0.39, 0.29) is 11.7 Å². The number of aromatic amines is 1. The predicted molar refractivity (Wildman–Crippen MR) is 127 cm³/mol. The number of para-hydroxylation sites is 1. The molecule has 2 aromatic rings. The second-order valence-electron chi connectivity index (χ2n) is 7.84. The van der Waals surface area contributed by atoms with E-state index in [9.17, 15) is 18.9 Å². The van der Waals surface area contributed by atoms with Gasteiger partial charge in [-0.1, -0.05) is 24.1 Å². The van der Waals surface area contributed by atoms with Crippen LogP contribution in [-0.2, 0) is 23.6 Å². The summed E-state index contributed by atoms with van der Waals surface area (Å²) in [7, 11) is -3.80. The van der Waals surface area contributed by atoms with Crippen LogP contribution >= 0.6 is 7.52 Å². The molecule has 0 saturated heterocycles. The molecule has 1 unspecified atom stereocenters. The highest BCUT2D eigenvalue weighted by Crippen LogP contribution is 2.44. The van der Waals surface area contributed by atoms with Gasteiger partial charge in [0.25, 0.3) is 5.56 Å². The Hall–Kier alpha value is -3.42. The lowest BCUT2D eigenvalue weighted by molar-refractivity contribution is -0.149. The molecule has 0 aliphatic carbocycles. The van der Waals surface area contributed by atoms with Crippen LogP contribution < -0.4 is 20.9 Å². The van der Waals surface area contributed by atoms with Crippen molar-refractivity contribution < 1.29 is 28.1 Å². The number of ether oxygens (including phenoxy) is 3. The number of aromatic nitrogens is 2. The van der Waals surface area contributed by atoms with Gasteiger partial charge in [0.05, 0.1) is 6.10 Å². The highest BCUT2D eigenvalue weighted by atomic mass is 31.2. The second-order valence-corrected chi connectivity index (χ2v) is 9.89. The van der Waals surface area contributed by atoms with Crippen LogP contribution in [0.1, 0.15) is 32.6 Å². The zero-order chi connectivity index (χ0) is 25.6. The molecule has 0 saturated carbocycles. The summed E-state index contributed by atoms with van der Waals surface area (Å²) < 4.78 is 36.8. The van der Waals surface area contributed by atoms with Crippen LogP contribution in [0.25, 0.3) is 0 Å². The van der Waals surface area contributed by atoms with Crippen LogP contribution in [0, 0.1) is 12.3 Å². The third-order valence-corrected chi connectivity index (χ3v) is 6.38. The maximum atomic E-state index is 13.6. The van der Waals surface area contributed by atoms with Crippen LogP contribution in [0.15, 0.2) is 58.3 Å². The lowest BCUT2D eigenvalue weighted by Crippen LogP contribution is -2.37. The molecule has 0 radical (unpaired) electrons. The van der Waals surface area contributed by atoms with Gasteiger partial charge in [-0.15, -0.1) is 6.42 Å². The van der Waals surface area contributed by atoms with Gasteiger partial charge in [0.2, 0.25) is 0 Å². The molecule has 186 valence electrons. The zero-order valence-electron chi connectivity index (χ0n) is 19.4. The van der Waals surface area contributed by atoms with Gasteiger partial charge in [-0.05, 0) is 45.1 Å². The first kappa shape index (κ1) is 26.2. The molecule has 0 bridgehead atoms. The van der Waals surface area contributed by atoms with Crippen molar-refractivity contribution in [1.82, 2.24) is 14.6 Å². The maximum Gasteiger partial charge on any atom is 0.342 e. The summed E-state index contributed by atoms with van der Waals surface area (Å²) in [5.74, 6) is 1.89. The smallest absolute Gasteiger partial charge is 0.342 e. The van der Waals surface area contributed by atoms with Crippen LogP contribution in [-0.4, -0.2) is 40.3 Å². The first-order valence-corrected chi connectivity index (χ1v) is 12.5. The predicted octanol–water partition coefficient (Wildman–Crippen LogP) is 2.10. The van der Waals surface area contributed by atoms with Crippen LogP contribution in [0.5, 0.6) is 5.75 Å². The summed E-state index contributed by atoms with van der Waals surface area (Å²) >= 11 is 0. The van der Waals surface area contributed by atoms with E-state index < -0.39 is 49.6 Å². The molecule has 1 aromatic carbocycles. The number of nitrogens with zero attached hydrogens (tertiary/aromatic N) is 1. The molecule has 1 aromatic heterocycles. The first-order valence-electron chi connectivity index (χ1n) is 10.7. The molecule has 2 N–H and O–H groups in total. The van der Waals surface area contributed by atoms with E-state index in [0.29, 0.717) is 5.75 Å². The Labute approximate surface area is 201 Å². The van der Waals surface area contributed by atoms with Crippen molar-refractivity contribution in [2.45, 2.75) is 45.4 Å². The maximum absolute atomic E-state index is 13.6. The number of H-pyrrole nitrogens is 1. The van der Waals surface area contributed by atoms with Crippen molar-refractivity contribution in [2.75, 3.05) is 6.35 Å². The Morgan fingerprint density at radius 2 is 1.97 bits per heavy atom. The lowest BCUT2D eigenvalue weighted by Gasteiger charge is -2.25. The van der Waals surface area contributed by atoms with Gasteiger partial charge < -0.3 is 18.7 Å². The standard InChI is InChI=1S/C23H26N3O8P/c1-5-17-13-26(23(29)24-21(17)27)19-11-12-20(33-19)31-14-35(30,34-18-9-7-6-8-10-18)25-16(4)22(28)32-15(2)3/h1,6-13,15-16,19-20H,14H2,2-4H3,(H,25,30)(H,24,27,29)/t16-,19+,20-,35?/m0/s1. The van der Waals surface area contributed by atoms with Crippen LogP contribution in [0.4, 0.5) is 0 Å². The lowest BCUT2D eigenvalue weighted by atomic mass is 10.3. The van der Waals surface area contributed by atoms with Crippen molar-refractivity contribution >= 4 is 13.5 Å². The fourth-order valence-electron chi connectivity index (χ4n) is 3.04. The molecule has 1 aliphatic rings. The van der Waals surface area contributed by atoms with Gasteiger partial charge in [-0.3, -0.25) is 23.7 Å². The van der Waals surface area contributed by atoms with Crippen molar-refractivity contribution in [3.05, 3.63) is 75.1 Å². The van der Waals surface area contributed by atoms with Crippen LogP contribution in [0.2, 0.25) is 0 Å². The molecule has 0 spiro atoms. The molecule has 35 heavy (non-hydrogen) atoms. The number of esters is 1. The molecule has 0 fully saturated rings. The summed E-state index contributed by atoms with van der Waals surface area (Å²) in [6.45, 7) is 4.90. The first-order chi connectivity index (χ1) is 16.6. The largest absolute Gasteiger partial charge is 0.462 e. The Kier molecular flexibility index (Phi) is 8.48. The number of carbonyl (C=O) groups excluding carboxylic acids is 1. The van der Waals surface area contributed by atoms with Gasteiger partial charge >= 0.3 is 19.2 Å². The molecule has 2 heterocycles. The highest BCUT2D eigenvalue weighted by Gasteiger charge is 2.33. The SMILES string of the molecule is C#Cc1cn([C@H]2C=C[C@@H](OCP(=O)(N[C@@H](C)C(=O)OC(C)C)Oc3ccccc3)O2)c(=O)[nH]c1=O. The van der Waals surface area contributed by atoms with Crippen molar-refractivity contribution in [3.63, 3.8) is 0 Å². The van der Waals surface area contributed by atoms with Crippen molar-refractivity contribution in [3.8, 4) is 18.1 Å². The summed E-state index contributed by atoms with van der Waals surface area (Å²) in [5.41, 5.74) is -1.45. The Morgan fingerprint density at radius 1 is 1.26 bits per heavy atom. The topological polar surface area (TPSA) is 138 Å². The normalized spacial score (nSPS) is 19.6. The van der Waals surface area contributed by atoms with Crippen molar-refractivity contribution in [1.29, 1.82) is 0 Å². The van der Waals surface area contributed by atoms with Crippen LogP contribution in [0.3, 0.4) is 0 Å².